The van der Waals surface area contributed by atoms with E-state index in [0.717, 1.165) is 5.75 Å². The largest absolute Gasteiger partial charge is 0.295 e. The summed E-state index contributed by atoms with van der Waals surface area (Å²) in [5, 5.41) is 9.86. The molecule has 0 spiro atoms. The van der Waals surface area contributed by atoms with Gasteiger partial charge in [0.05, 0.1) is 0 Å². The van der Waals surface area contributed by atoms with Gasteiger partial charge in [0.25, 0.3) is 0 Å². The number of hydrogen-bond acceptors (Lipinski definition) is 4. The van der Waals surface area contributed by atoms with Crippen molar-refractivity contribution >= 4 is 23.6 Å². The van der Waals surface area contributed by atoms with Crippen LogP contribution in [0.3, 0.4) is 0 Å². The highest BCUT2D eigenvalue weighted by Gasteiger charge is 2.05. The Balaban J connectivity index is 1.92. The molecule has 2 N–H and O–H groups in total. The second-order valence-corrected chi connectivity index (χ2v) is 4.86. The average Bonchev–Trinajstić information content (AvgIpc) is 2.75. The maximum atomic E-state index is 10.8. The summed E-state index contributed by atoms with van der Waals surface area (Å²) in [6, 6.07) is 8.33. The van der Waals surface area contributed by atoms with Crippen LogP contribution in [0.2, 0.25) is 0 Å². The quantitative estimate of drug-likeness (QED) is 0.830. The molecule has 1 heterocycles. The summed E-state index contributed by atoms with van der Waals surface area (Å²) in [5.41, 5.74) is 2.46. The third kappa shape index (κ3) is 3.59. The van der Waals surface area contributed by atoms with Gasteiger partial charge in [0.2, 0.25) is 17.0 Å². The van der Waals surface area contributed by atoms with Gasteiger partial charge >= 0.3 is 0 Å². The fraction of sp³-hybridized carbons (Fsp3) is 0.250. The van der Waals surface area contributed by atoms with Crippen molar-refractivity contribution in [3.05, 3.63) is 35.4 Å². The molecule has 0 saturated heterocycles. The van der Waals surface area contributed by atoms with Gasteiger partial charge in [-0.15, -0.1) is 5.10 Å². The van der Waals surface area contributed by atoms with E-state index in [1.54, 1.807) is 0 Å². The number of carbonyl (C=O) groups is 1. The first-order valence-corrected chi connectivity index (χ1v) is 6.50. The highest BCUT2D eigenvalue weighted by molar-refractivity contribution is 7.98. The monoisotopic (exact) mass is 262 g/mol. The molecule has 0 aliphatic carbocycles. The van der Waals surface area contributed by atoms with E-state index in [1.807, 2.05) is 0 Å². The standard InChI is InChI=1S/C12H14N4OS/c1-8-3-5-10(6-4-8)7-18-12-14-11(15-16-12)13-9(2)17/h3-6H,7H2,1-2H3,(H2,13,14,15,16,17). The van der Waals surface area contributed by atoms with Gasteiger partial charge in [-0.25, -0.2) is 5.10 Å². The molecule has 0 unspecified atom stereocenters. The number of nitrogens with one attached hydrogen (secondary N) is 2. The number of aromatic amines is 1. The zero-order valence-electron chi connectivity index (χ0n) is 10.2. The zero-order chi connectivity index (χ0) is 13.0. The van der Waals surface area contributed by atoms with Gasteiger partial charge in [-0.05, 0) is 12.5 Å². The number of anilines is 1. The number of hydrogen-bond donors (Lipinski definition) is 2. The van der Waals surface area contributed by atoms with Crippen molar-refractivity contribution in [3.63, 3.8) is 0 Å². The maximum Gasteiger partial charge on any atom is 0.226 e. The second kappa shape index (κ2) is 5.68. The molecule has 0 atom stereocenters. The minimum atomic E-state index is -0.166. The Morgan fingerprint density at radius 2 is 2.11 bits per heavy atom. The van der Waals surface area contributed by atoms with Crippen molar-refractivity contribution in [2.24, 2.45) is 0 Å². The van der Waals surface area contributed by atoms with E-state index in [-0.39, 0.29) is 5.91 Å². The normalized spacial score (nSPS) is 10.3. The highest BCUT2D eigenvalue weighted by atomic mass is 32.2. The lowest BCUT2D eigenvalue weighted by Crippen LogP contribution is -2.06. The molecule has 0 saturated carbocycles. The molecule has 1 aromatic heterocycles. The lowest BCUT2D eigenvalue weighted by Gasteiger charge is -1.98. The van der Waals surface area contributed by atoms with Crippen LogP contribution in [0.15, 0.2) is 29.4 Å². The first kappa shape index (κ1) is 12.6. The van der Waals surface area contributed by atoms with E-state index in [0.29, 0.717) is 11.1 Å². The van der Waals surface area contributed by atoms with Crippen LogP contribution in [0.4, 0.5) is 5.95 Å². The predicted octanol–water partition coefficient (Wildman–Crippen LogP) is 2.36. The van der Waals surface area contributed by atoms with Gasteiger partial charge in [-0.3, -0.25) is 10.1 Å². The third-order valence-corrected chi connectivity index (χ3v) is 3.17. The topological polar surface area (TPSA) is 70.7 Å². The van der Waals surface area contributed by atoms with E-state index in [9.17, 15) is 4.79 Å². The third-order valence-electron chi connectivity index (χ3n) is 2.25. The Kier molecular flexibility index (Phi) is 3.99. The van der Waals surface area contributed by atoms with E-state index in [2.05, 4.69) is 51.7 Å². The number of amides is 1. The molecule has 0 aliphatic rings. The lowest BCUT2D eigenvalue weighted by atomic mass is 10.2. The van der Waals surface area contributed by atoms with Crippen LogP contribution in [-0.2, 0) is 10.5 Å². The maximum absolute atomic E-state index is 10.8. The first-order chi connectivity index (χ1) is 8.63. The number of nitrogens with zero attached hydrogens (tertiary/aromatic N) is 2. The molecule has 0 radical (unpaired) electrons. The van der Waals surface area contributed by atoms with E-state index >= 15 is 0 Å². The van der Waals surface area contributed by atoms with Crippen molar-refractivity contribution in [1.82, 2.24) is 15.2 Å². The Bertz CT molecular complexity index is 535. The highest BCUT2D eigenvalue weighted by Crippen LogP contribution is 2.20. The van der Waals surface area contributed by atoms with Gasteiger partial charge in [-0.1, -0.05) is 41.6 Å². The van der Waals surface area contributed by atoms with E-state index in [1.165, 1.54) is 29.8 Å². The minimum Gasteiger partial charge on any atom is -0.295 e. The molecule has 2 aromatic rings. The van der Waals surface area contributed by atoms with Crippen LogP contribution in [0.25, 0.3) is 0 Å². The molecular formula is C12H14N4OS. The lowest BCUT2D eigenvalue weighted by molar-refractivity contribution is -0.114. The molecule has 0 fully saturated rings. The summed E-state index contributed by atoms with van der Waals surface area (Å²) in [4.78, 5) is 15.0. The van der Waals surface area contributed by atoms with Crippen molar-refractivity contribution in [3.8, 4) is 0 Å². The second-order valence-electron chi connectivity index (χ2n) is 3.92. The number of aryl methyl sites for hydroxylation is 1. The summed E-state index contributed by atoms with van der Waals surface area (Å²) in [5.74, 6) is 1.02. The first-order valence-electron chi connectivity index (χ1n) is 5.52. The molecule has 0 bridgehead atoms. The van der Waals surface area contributed by atoms with Gasteiger partial charge in [0.1, 0.15) is 0 Å². The molecule has 94 valence electrons. The molecule has 18 heavy (non-hydrogen) atoms. The average molecular weight is 262 g/mol. The van der Waals surface area contributed by atoms with Gasteiger partial charge in [0, 0.05) is 12.7 Å². The fourth-order valence-electron chi connectivity index (χ4n) is 1.37. The number of thioether (sulfide) groups is 1. The summed E-state index contributed by atoms with van der Waals surface area (Å²) in [6.45, 7) is 3.49. The van der Waals surface area contributed by atoms with Crippen LogP contribution < -0.4 is 5.32 Å². The smallest absolute Gasteiger partial charge is 0.226 e. The van der Waals surface area contributed by atoms with Gasteiger partial charge in [-0.2, -0.15) is 4.98 Å². The summed E-state index contributed by atoms with van der Waals surface area (Å²) in [6.07, 6.45) is 0. The van der Waals surface area contributed by atoms with E-state index in [4.69, 9.17) is 0 Å². The van der Waals surface area contributed by atoms with Crippen LogP contribution in [0.5, 0.6) is 0 Å². The molecule has 6 heteroatoms. The number of H-pyrrole nitrogens is 1. The van der Waals surface area contributed by atoms with E-state index < -0.39 is 0 Å². The van der Waals surface area contributed by atoms with Crippen LogP contribution in [0, 0.1) is 6.92 Å². The van der Waals surface area contributed by atoms with Crippen LogP contribution >= 0.6 is 11.8 Å². The van der Waals surface area contributed by atoms with Crippen molar-refractivity contribution < 1.29 is 4.79 Å². The Hall–Kier alpha value is -1.82. The fourth-order valence-corrected chi connectivity index (χ4v) is 2.12. The molecular weight excluding hydrogens is 248 g/mol. The van der Waals surface area contributed by atoms with Crippen LogP contribution in [0.1, 0.15) is 18.1 Å². The predicted molar refractivity (Wildman–Crippen MR) is 71.4 cm³/mol. The summed E-state index contributed by atoms with van der Waals surface area (Å²) < 4.78 is 0. The Labute approximate surface area is 109 Å². The molecule has 0 aliphatic heterocycles. The number of rotatable bonds is 4. The molecule has 1 aromatic carbocycles. The number of aromatic nitrogens is 3. The number of carbonyl (C=O) groups excluding carboxylic acids is 1. The number of benzene rings is 1. The Morgan fingerprint density at radius 1 is 1.39 bits per heavy atom. The van der Waals surface area contributed by atoms with Gasteiger partial charge < -0.3 is 0 Å². The SMILES string of the molecule is CC(=O)Nc1nc(SCc2ccc(C)cc2)n[nH]1. The zero-order valence-corrected chi connectivity index (χ0v) is 11.0. The van der Waals surface area contributed by atoms with Crippen molar-refractivity contribution in [1.29, 1.82) is 0 Å². The molecule has 2 rings (SSSR count). The minimum absolute atomic E-state index is 0.166. The Morgan fingerprint density at radius 3 is 2.78 bits per heavy atom. The molecule has 5 nitrogen and oxygen atoms in total. The van der Waals surface area contributed by atoms with Crippen LogP contribution in [-0.4, -0.2) is 21.1 Å². The molecule has 1 amide bonds. The summed E-state index contributed by atoms with van der Waals surface area (Å²) in [7, 11) is 0. The van der Waals surface area contributed by atoms with Crippen molar-refractivity contribution in [2.45, 2.75) is 24.8 Å². The summed E-state index contributed by atoms with van der Waals surface area (Å²) >= 11 is 1.52. The van der Waals surface area contributed by atoms with Gasteiger partial charge in [0.15, 0.2) is 0 Å². The van der Waals surface area contributed by atoms with Crippen molar-refractivity contribution in [2.75, 3.05) is 5.32 Å².